The summed E-state index contributed by atoms with van der Waals surface area (Å²) in [4.78, 5) is 26.2. The summed E-state index contributed by atoms with van der Waals surface area (Å²) in [5, 5.41) is 0. The Morgan fingerprint density at radius 2 is 1.62 bits per heavy atom. The van der Waals surface area contributed by atoms with Gasteiger partial charge in [-0.3, -0.25) is 0 Å². The number of carbonyl (C=O) groups excluding carboxylic acids is 1. The van der Waals surface area contributed by atoms with Gasteiger partial charge in [-0.1, -0.05) is 0 Å². The Balaban J connectivity index is 3.48. The van der Waals surface area contributed by atoms with E-state index in [9.17, 15) is 4.79 Å². The number of hydrogen-bond acceptors (Lipinski definition) is 2. The molecule has 0 aliphatic heterocycles. The van der Waals surface area contributed by atoms with Crippen LogP contribution in [0.5, 0.6) is 5.75 Å². The molecule has 0 fully saturated rings. The van der Waals surface area contributed by atoms with Crippen LogP contribution in [0.1, 0.15) is 12.5 Å². The minimum atomic E-state index is -2.15. The molecule has 0 radical (unpaired) electrons. The molecule has 1 aromatic carbocycles. The van der Waals surface area contributed by atoms with Crippen molar-refractivity contribution >= 4 is 71.4 Å². The van der Waals surface area contributed by atoms with Gasteiger partial charge in [0.05, 0.1) is 0 Å². The Morgan fingerprint density at radius 1 is 1.10 bits per heavy atom. The van der Waals surface area contributed by atoms with E-state index in [-0.39, 0.29) is 5.97 Å². The van der Waals surface area contributed by atoms with Crippen LogP contribution in [0.2, 0.25) is 29.6 Å². The summed E-state index contributed by atoms with van der Waals surface area (Å²) in [7, 11) is 0. The summed E-state index contributed by atoms with van der Waals surface area (Å²) in [6.07, 6.45) is 2.35. The van der Waals surface area contributed by atoms with E-state index in [1.165, 1.54) is 6.92 Å². The SMILES string of the molecule is CC(=O)Oc1c(I)cccc1C=[C]([Sn]([CH3])([CH3])[CH3])[Sn]([CH3])([CH3])[CH3]. The van der Waals surface area contributed by atoms with Crippen molar-refractivity contribution in [2.45, 2.75) is 36.6 Å². The minimum absolute atomic E-state index is 0.256. The van der Waals surface area contributed by atoms with Gasteiger partial charge in [-0.25, -0.2) is 0 Å². The van der Waals surface area contributed by atoms with E-state index >= 15 is 0 Å². The maximum atomic E-state index is 11.4. The van der Waals surface area contributed by atoms with Crippen molar-refractivity contribution in [3.05, 3.63) is 28.9 Å². The van der Waals surface area contributed by atoms with Gasteiger partial charge < -0.3 is 0 Å². The van der Waals surface area contributed by atoms with Crippen LogP contribution in [0.4, 0.5) is 0 Å². The Labute approximate surface area is 150 Å². The van der Waals surface area contributed by atoms with Gasteiger partial charge in [0.25, 0.3) is 0 Å². The number of hydrogen-bond donors (Lipinski definition) is 0. The fraction of sp³-hybridized carbons (Fsp3) is 0.438. The number of rotatable bonds is 4. The second kappa shape index (κ2) is 7.55. The molecule has 0 N–H and O–H groups in total. The third-order valence-electron chi connectivity index (χ3n) is 3.16. The number of para-hydroxylation sites is 1. The molecule has 21 heavy (non-hydrogen) atoms. The first-order valence-corrected chi connectivity index (χ1v) is 28.2. The van der Waals surface area contributed by atoms with E-state index in [1.807, 2.05) is 12.1 Å². The zero-order valence-corrected chi connectivity index (χ0v) is 21.9. The Morgan fingerprint density at radius 3 is 2.05 bits per heavy atom. The van der Waals surface area contributed by atoms with Crippen molar-refractivity contribution in [2.75, 3.05) is 0 Å². The topological polar surface area (TPSA) is 26.3 Å². The summed E-state index contributed by atoms with van der Waals surface area (Å²) in [6.45, 7) is 1.46. The Kier molecular flexibility index (Phi) is 7.12. The molecule has 0 aromatic heterocycles. The molecule has 2 nitrogen and oxygen atoms in total. The van der Waals surface area contributed by atoms with Crippen LogP contribution >= 0.6 is 22.6 Å². The summed E-state index contributed by atoms with van der Waals surface area (Å²) in [5.41, 5.74) is 1.06. The van der Waals surface area contributed by atoms with Gasteiger partial charge in [0.1, 0.15) is 0 Å². The predicted octanol–water partition coefficient (Wildman–Crippen LogP) is 5.35. The molecule has 0 spiro atoms. The van der Waals surface area contributed by atoms with E-state index in [0.29, 0.717) is 5.75 Å². The fourth-order valence-electron chi connectivity index (χ4n) is 2.60. The van der Waals surface area contributed by atoms with Gasteiger partial charge in [-0.05, 0) is 0 Å². The molecule has 0 atom stereocenters. The van der Waals surface area contributed by atoms with Gasteiger partial charge in [-0.15, -0.1) is 0 Å². The van der Waals surface area contributed by atoms with Gasteiger partial charge in [-0.2, -0.15) is 0 Å². The molecule has 0 unspecified atom stereocenters. The second-order valence-electron chi connectivity index (χ2n) is 7.31. The van der Waals surface area contributed by atoms with E-state index < -0.39 is 36.8 Å². The quantitative estimate of drug-likeness (QED) is 0.198. The fourth-order valence-corrected chi connectivity index (χ4v) is 56.1. The molecule has 0 bridgehead atoms. The van der Waals surface area contributed by atoms with Crippen molar-refractivity contribution in [1.29, 1.82) is 0 Å². The number of esters is 1. The summed E-state index contributed by atoms with van der Waals surface area (Å²) in [6, 6.07) is 6.08. The summed E-state index contributed by atoms with van der Waals surface area (Å²) >= 11 is -2.06. The number of carbonyl (C=O) groups is 1. The molecule has 1 rings (SSSR count). The number of halogens is 1. The molecule has 0 amide bonds. The van der Waals surface area contributed by atoms with E-state index in [4.69, 9.17) is 4.74 Å². The average molecular weight is 614 g/mol. The van der Waals surface area contributed by atoms with Crippen LogP contribution in [0.25, 0.3) is 6.08 Å². The van der Waals surface area contributed by atoms with Crippen molar-refractivity contribution < 1.29 is 9.53 Å². The van der Waals surface area contributed by atoms with Crippen LogP contribution in [-0.2, 0) is 4.79 Å². The molecule has 1 aromatic rings. The molecule has 0 saturated heterocycles. The van der Waals surface area contributed by atoms with Crippen molar-refractivity contribution in [1.82, 2.24) is 0 Å². The normalized spacial score (nSPS) is 12.0. The number of benzene rings is 1. The molecule has 0 heterocycles. The summed E-state index contributed by atoms with van der Waals surface area (Å²) in [5.74, 6) is 0.461. The van der Waals surface area contributed by atoms with E-state index in [0.717, 1.165) is 9.13 Å². The van der Waals surface area contributed by atoms with Crippen LogP contribution in [0.15, 0.2) is 19.8 Å². The van der Waals surface area contributed by atoms with Crippen LogP contribution in [0.3, 0.4) is 0 Å². The summed E-state index contributed by atoms with van der Waals surface area (Å²) < 4.78 is 8.19. The molecule has 5 heteroatoms. The molecule has 0 aliphatic carbocycles. The zero-order valence-electron chi connectivity index (χ0n) is 14.0. The Hall–Kier alpha value is 0.757. The van der Waals surface area contributed by atoms with Gasteiger partial charge >= 0.3 is 152 Å². The van der Waals surface area contributed by atoms with Crippen LogP contribution < -0.4 is 4.74 Å². The van der Waals surface area contributed by atoms with E-state index in [1.54, 1.807) is 1.60 Å². The molecule has 0 aliphatic rings. The van der Waals surface area contributed by atoms with Crippen molar-refractivity contribution in [3.8, 4) is 5.75 Å². The van der Waals surface area contributed by atoms with Crippen LogP contribution in [0, 0.1) is 3.57 Å². The first-order chi connectivity index (χ1) is 9.43. The zero-order chi connectivity index (χ0) is 16.4. The third kappa shape index (κ3) is 6.05. The molecular formula is C16H25IO2Sn2. The molecule has 116 valence electrons. The number of ether oxygens (including phenoxy) is 1. The predicted molar refractivity (Wildman–Crippen MR) is 105 cm³/mol. The third-order valence-corrected chi connectivity index (χ3v) is 42.8. The maximum absolute atomic E-state index is 11.4. The average Bonchev–Trinajstić information content (AvgIpc) is 2.26. The van der Waals surface area contributed by atoms with Crippen LogP contribution in [-0.4, -0.2) is 42.7 Å². The van der Waals surface area contributed by atoms with Gasteiger partial charge in [0.15, 0.2) is 0 Å². The first kappa shape index (κ1) is 19.8. The standard InChI is InChI=1S/C10H7IO2.6CH3.2Sn/c1-3-8-5-4-6-9(11)10(8)13-7(2)12;;;;;;;;/h3-6H,2H3;6*1H3;;. The molecular weight excluding hydrogens is 588 g/mol. The van der Waals surface area contributed by atoms with Gasteiger partial charge in [0, 0.05) is 0 Å². The Bertz CT molecular complexity index is 551. The van der Waals surface area contributed by atoms with Gasteiger partial charge in [0.2, 0.25) is 0 Å². The van der Waals surface area contributed by atoms with Crippen molar-refractivity contribution in [3.63, 3.8) is 0 Å². The molecule has 0 saturated carbocycles. The monoisotopic (exact) mass is 616 g/mol. The van der Waals surface area contributed by atoms with E-state index in [2.05, 4.69) is 64.4 Å². The second-order valence-corrected chi connectivity index (χ2v) is 41.3. The first-order valence-electron chi connectivity index (χ1n) is 7.12. The van der Waals surface area contributed by atoms with Crippen molar-refractivity contribution in [2.24, 2.45) is 0 Å².